The average molecular weight is 227 g/mol. The summed E-state index contributed by atoms with van der Waals surface area (Å²) in [7, 11) is -4.01. The number of aliphatic carboxylic acids is 1. The first-order valence-corrected chi connectivity index (χ1v) is 5.44. The lowest BCUT2D eigenvalue weighted by Crippen LogP contribution is -2.14. The maximum atomic E-state index is 11.7. The smallest absolute Gasteiger partial charge is 0.349 e. The molecule has 6 heteroatoms. The van der Waals surface area contributed by atoms with E-state index >= 15 is 0 Å². The molecule has 0 spiro atoms. The number of hydrogen-bond acceptors (Lipinski definition) is 4. The van der Waals surface area contributed by atoms with Crippen LogP contribution in [0.25, 0.3) is 0 Å². The third-order valence-electron chi connectivity index (χ3n) is 1.71. The van der Waals surface area contributed by atoms with Crippen molar-refractivity contribution in [2.24, 2.45) is 5.73 Å². The number of carboxylic acid groups (broad SMARTS) is 1. The van der Waals surface area contributed by atoms with Gasteiger partial charge in [-0.3, -0.25) is 0 Å². The Labute approximate surface area is 86.8 Å². The fourth-order valence-corrected chi connectivity index (χ4v) is 2.18. The van der Waals surface area contributed by atoms with Crippen LogP contribution in [0.15, 0.2) is 46.3 Å². The highest BCUT2D eigenvalue weighted by atomic mass is 32.2. The van der Waals surface area contributed by atoms with Crippen molar-refractivity contribution in [1.29, 1.82) is 0 Å². The zero-order chi connectivity index (χ0) is 11.5. The summed E-state index contributed by atoms with van der Waals surface area (Å²) in [5.74, 6) is -1.57. The third kappa shape index (κ3) is 2.16. The molecule has 0 aromatic heterocycles. The van der Waals surface area contributed by atoms with Crippen molar-refractivity contribution < 1.29 is 18.3 Å². The lowest BCUT2D eigenvalue weighted by molar-refractivity contribution is -0.131. The van der Waals surface area contributed by atoms with E-state index in [-0.39, 0.29) is 4.90 Å². The predicted molar refractivity (Wildman–Crippen MR) is 53.5 cm³/mol. The lowest BCUT2D eigenvalue weighted by Gasteiger charge is -2.03. The van der Waals surface area contributed by atoms with E-state index in [2.05, 4.69) is 0 Å². The van der Waals surface area contributed by atoms with Gasteiger partial charge < -0.3 is 10.8 Å². The summed E-state index contributed by atoms with van der Waals surface area (Å²) in [4.78, 5) is 9.70. The van der Waals surface area contributed by atoms with Gasteiger partial charge in [0.1, 0.15) is 0 Å². The van der Waals surface area contributed by atoms with Crippen molar-refractivity contribution in [2.75, 3.05) is 0 Å². The number of carboxylic acids is 1. The van der Waals surface area contributed by atoms with Crippen LogP contribution in [0.3, 0.4) is 0 Å². The molecule has 0 aliphatic rings. The molecule has 15 heavy (non-hydrogen) atoms. The number of benzene rings is 1. The van der Waals surface area contributed by atoms with Gasteiger partial charge in [0.25, 0.3) is 0 Å². The first-order chi connectivity index (χ1) is 7.00. The summed E-state index contributed by atoms with van der Waals surface area (Å²) in [6.45, 7) is 0. The Morgan fingerprint density at radius 2 is 1.80 bits per heavy atom. The molecule has 0 bridgehead atoms. The Bertz CT molecular complexity index is 490. The molecule has 0 unspecified atom stereocenters. The van der Waals surface area contributed by atoms with Crippen molar-refractivity contribution >= 4 is 15.8 Å². The van der Waals surface area contributed by atoms with Gasteiger partial charge in [0.2, 0.25) is 9.84 Å². The topological polar surface area (TPSA) is 97.5 Å². The van der Waals surface area contributed by atoms with Gasteiger partial charge in [-0.2, -0.15) is 0 Å². The Kier molecular flexibility index (Phi) is 3.11. The van der Waals surface area contributed by atoms with E-state index in [1.54, 1.807) is 6.07 Å². The van der Waals surface area contributed by atoms with Crippen LogP contribution in [0, 0.1) is 0 Å². The largest absolute Gasteiger partial charge is 0.477 e. The average Bonchev–Trinajstić information content (AvgIpc) is 2.19. The summed E-state index contributed by atoms with van der Waals surface area (Å²) in [5.41, 5.74) is 4.98. The monoisotopic (exact) mass is 227 g/mol. The van der Waals surface area contributed by atoms with Gasteiger partial charge in [-0.15, -0.1) is 0 Å². The molecular formula is C9H9NO4S. The molecule has 1 aromatic carbocycles. The third-order valence-corrected chi connectivity index (χ3v) is 3.49. The zero-order valence-corrected chi connectivity index (χ0v) is 8.44. The summed E-state index contributed by atoms with van der Waals surface area (Å²) in [6.07, 6.45) is 0.574. The van der Waals surface area contributed by atoms with E-state index in [0.29, 0.717) is 6.20 Å². The van der Waals surface area contributed by atoms with Gasteiger partial charge in [0, 0.05) is 6.20 Å². The normalized spacial score (nSPS) is 12.4. The van der Waals surface area contributed by atoms with Crippen LogP contribution >= 0.6 is 0 Å². The van der Waals surface area contributed by atoms with Gasteiger partial charge >= 0.3 is 5.97 Å². The van der Waals surface area contributed by atoms with Crippen LogP contribution in [0.2, 0.25) is 0 Å². The second-order valence-corrected chi connectivity index (χ2v) is 4.57. The summed E-state index contributed by atoms with van der Waals surface area (Å²) in [6, 6.07) is 7.25. The standard InChI is InChI=1S/C9H9NO4S/c10-6-8(9(11)12)15(13,14)7-4-2-1-3-5-7/h1-6H,10H2,(H,11,12)/b8-6+. The Morgan fingerprint density at radius 1 is 1.27 bits per heavy atom. The first-order valence-electron chi connectivity index (χ1n) is 3.95. The highest BCUT2D eigenvalue weighted by Crippen LogP contribution is 2.17. The van der Waals surface area contributed by atoms with E-state index in [4.69, 9.17) is 10.8 Å². The lowest BCUT2D eigenvalue weighted by atomic mass is 10.4. The van der Waals surface area contributed by atoms with Gasteiger partial charge in [-0.25, -0.2) is 13.2 Å². The molecule has 0 radical (unpaired) electrons. The van der Waals surface area contributed by atoms with E-state index in [1.807, 2.05) is 0 Å². The zero-order valence-electron chi connectivity index (χ0n) is 7.62. The fourth-order valence-electron chi connectivity index (χ4n) is 1.00. The molecule has 0 amide bonds. The minimum Gasteiger partial charge on any atom is -0.477 e. The number of carbonyl (C=O) groups is 1. The van der Waals surface area contributed by atoms with E-state index < -0.39 is 20.7 Å². The van der Waals surface area contributed by atoms with Crippen LogP contribution in [0.1, 0.15) is 0 Å². The van der Waals surface area contributed by atoms with Crippen LogP contribution in [0.5, 0.6) is 0 Å². The number of sulfone groups is 1. The fraction of sp³-hybridized carbons (Fsp3) is 0. The second kappa shape index (κ2) is 4.14. The number of hydrogen-bond donors (Lipinski definition) is 2. The molecule has 0 fully saturated rings. The van der Waals surface area contributed by atoms with Crippen molar-refractivity contribution in [3.8, 4) is 0 Å². The predicted octanol–water partition coefficient (Wildman–Crippen LogP) is 0.345. The van der Waals surface area contributed by atoms with Crippen molar-refractivity contribution in [3.63, 3.8) is 0 Å². The molecule has 0 aliphatic heterocycles. The molecule has 0 aliphatic carbocycles. The van der Waals surface area contributed by atoms with Crippen molar-refractivity contribution in [3.05, 3.63) is 41.4 Å². The minimum absolute atomic E-state index is 0.0934. The molecule has 3 N–H and O–H groups in total. The highest BCUT2D eigenvalue weighted by molar-refractivity contribution is 7.96. The van der Waals surface area contributed by atoms with E-state index in [9.17, 15) is 13.2 Å². The minimum atomic E-state index is -4.01. The SMILES string of the molecule is N/C=C(\C(=O)O)S(=O)(=O)c1ccccc1. The Hall–Kier alpha value is -1.82. The molecular weight excluding hydrogens is 218 g/mol. The molecule has 80 valence electrons. The van der Waals surface area contributed by atoms with Crippen LogP contribution in [-0.2, 0) is 14.6 Å². The summed E-state index contributed by atoms with van der Waals surface area (Å²) in [5, 5.41) is 8.64. The van der Waals surface area contributed by atoms with Crippen LogP contribution < -0.4 is 5.73 Å². The van der Waals surface area contributed by atoms with E-state index in [0.717, 1.165) is 0 Å². The Morgan fingerprint density at radius 3 is 2.20 bits per heavy atom. The molecule has 0 saturated carbocycles. The quantitative estimate of drug-likeness (QED) is 0.726. The Balaban J connectivity index is 3.32. The molecule has 0 saturated heterocycles. The van der Waals surface area contributed by atoms with Crippen molar-refractivity contribution in [1.82, 2.24) is 0 Å². The molecule has 5 nitrogen and oxygen atoms in total. The van der Waals surface area contributed by atoms with Gasteiger partial charge in [0.15, 0.2) is 4.91 Å². The highest BCUT2D eigenvalue weighted by Gasteiger charge is 2.25. The van der Waals surface area contributed by atoms with Gasteiger partial charge in [0.05, 0.1) is 4.90 Å². The molecule has 1 aromatic rings. The molecule has 0 heterocycles. The maximum Gasteiger partial charge on any atom is 0.349 e. The molecule has 0 atom stereocenters. The van der Waals surface area contributed by atoms with E-state index in [1.165, 1.54) is 24.3 Å². The number of rotatable bonds is 3. The first kappa shape index (κ1) is 11.3. The van der Waals surface area contributed by atoms with Gasteiger partial charge in [-0.1, -0.05) is 18.2 Å². The molecule has 1 rings (SSSR count). The maximum absolute atomic E-state index is 11.7. The second-order valence-electron chi connectivity index (χ2n) is 2.65. The summed E-state index contributed by atoms with van der Waals surface area (Å²) < 4.78 is 23.4. The van der Waals surface area contributed by atoms with Crippen LogP contribution in [-0.4, -0.2) is 19.5 Å². The van der Waals surface area contributed by atoms with Crippen LogP contribution in [0.4, 0.5) is 0 Å². The summed E-state index contributed by atoms with van der Waals surface area (Å²) >= 11 is 0. The van der Waals surface area contributed by atoms with Crippen molar-refractivity contribution in [2.45, 2.75) is 4.90 Å². The van der Waals surface area contributed by atoms with Gasteiger partial charge in [-0.05, 0) is 12.1 Å². The number of nitrogens with two attached hydrogens (primary N) is 1.